The van der Waals surface area contributed by atoms with Gasteiger partial charge in [-0.25, -0.2) is 0 Å². The summed E-state index contributed by atoms with van der Waals surface area (Å²) in [5.74, 6) is 1.85. The third-order valence-electron chi connectivity index (χ3n) is 4.85. The second-order valence-electron chi connectivity index (χ2n) is 6.24. The van der Waals surface area contributed by atoms with Gasteiger partial charge >= 0.3 is 0 Å². The molecule has 0 saturated carbocycles. The van der Waals surface area contributed by atoms with E-state index < -0.39 is 0 Å². The molecule has 2 heterocycles. The Balaban J connectivity index is 1.68. The fourth-order valence-corrected chi connectivity index (χ4v) is 3.56. The Morgan fingerprint density at radius 3 is 2.71 bits per heavy atom. The van der Waals surface area contributed by atoms with E-state index in [1.165, 1.54) is 5.56 Å². The van der Waals surface area contributed by atoms with Crippen LogP contribution in [-0.4, -0.2) is 43.6 Å². The number of likely N-dealkylation sites (tertiary alicyclic amines) is 1. The van der Waals surface area contributed by atoms with Gasteiger partial charge in [0, 0.05) is 25.0 Å². The highest BCUT2D eigenvalue weighted by atomic mass is 16.5. The molecule has 1 amide bonds. The summed E-state index contributed by atoms with van der Waals surface area (Å²) < 4.78 is 5.21. The zero-order chi connectivity index (χ0) is 14.8. The highest BCUT2D eigenvalue weighted by Gasteiger charge is 2.36. The SMILES string of the molecule is COc1ccc([C@@H]2C[C@@H](C)N(C(=O)[C@H]3CCNC3)C2)cc1. The number of amides is 1. The molecule has 1 N–H and O–H groups in total. The molecule has 0 aromatic heterocycles. The van der Waals surface area contributed by atoms with E-state index in [2.05, 4.69) is 29.3 Å². The molecule has 2 saturated heterocycles. The summed E-state index contributed by atoms with van der Waals surface area (Å²) in [4.78, 5) is 14.7. The lowest BCUT2D eigenvalue weighted by Crippen LogP contribution is -2.39. The summed E-state index contributed by atoms with van der Waals surface area (Å²) in [6.07, 6.45) is 2.04. The molecule has 114 valence electrons. The van der Waals surface area contributed by atoms with Gasteiger partial charge in [-0.3, -0.25) is 4.79 Å². The predicted molar refractivity (Wildman–Crippen MR) is 82.5 cm³/mol. The third-order valence-corrected chi connectivity index (χ3v) is 4.85. The van der Waals surface area contributed by atoms with Crippen molar-refractivity contribution >= 4 is 5.91 Å². The Labute approximate surface area is 126 Å². The summed E-state index contributed by atoms with van der Waals surface area (Å²) in [5, 5.41) is 3.29. The van der Waals surface area contributed by atoms with Crippen molar-refractivity contribution < 1.29 is 9.53 Å². The second-order valence-corrected chi connectivity index (χ2v) is 6.24. The monoisotopic (exact) mass is 288 g/mol. The minimum absolute atomic E-state index is 0.182. The molecule has 3 rings (SSSR count). The molecular formula is C17H24N2O2. The minimum atomic E-state index is 0.182. The molecule has 0 bridgehead atoms. The van der Waals surface area contributed by atoms with Crippen LogP contribution in [-0.2, 0) is 4.79 Å². The Bertz CT molecular complexity index is 494. The molecule has 0 radical (unpaired) electrons. The molecule has 0 unspecified atom stereocenters. The number of methoxy groups -OCH3 is 1. The third kappa shape index (κ3) is 2.91. The molecule has 3 atom stereocenters. The number of nitrogens with zero attached hydrogens (tertiary/aromatic N) is 1. The maximum Gasteiger partial charge on any atom is 0.227 e. The zero-order valence-electron chi connectivity index (χ0n) is 12.8. The summed E-state index contributed by atoms with van der Waals surface area (Å²) >= 11 is 0. The number of ether oxygens (including phenoxy) is 1. The van der Waals surface area contributed by atoms with Gasteiger partial charge in [0.25, 0.3) is 0 Å². The van der Waals surface area contributed by atoms with Crippen LogP contribution in [0.5, 0.6) is 5.75 Å². The Morgan fingerprint density at radius 1 is 1.33 bits per heavy atom. The van der Waals surface area contributed by atoms with Crippen LogP contribution < -0.4 is 10.1 Å². The van der Waals surface area contributed by atoms with Crippen molar-refractivity contribution in [3.8, 4) is 5.75 Å². The van der Waals surface area contributed by atoms with Gasteiger partial charge in [0.05, 0.1) is 13.0 Å². The lowest BCUT2D eigenvalue weighted by Gasteiger charge is -2.24. The number of hydrogen-bond donors (Lipinski definition) is 1. The van der Waals surface area contributed by atoms with E-state index in [4.69, 9.17) is 4.74 Å². The number of hydrogen-bond acceptors (Lipinski definition) is 3. The van der Waals surface area contributed by atoms with Crippen molar-refractivity contribution in [3.63, 3.8) is 0 Å². The molecule has 1 aromatic rings. The first-order chi connectivity index (χ1) is 10.2. The molecule has 21 heavy (non-hydrogen) atoms. The summed E-state index contributed by atoms with van der Waals surface area (Å²) in [6.45, 7) is 4.84. The zero-order valence-corrected chi connectivity index (χ0v) is 12.8. The number of carbonyl (C=O) groups excluding carboxylic acids is 1. The average molecular weight is 288 g/mol. The predicted octanol–water partition coefficient (Wildman–Crippen LogP) is 2.01. The first-order valence-corrected chi connectivity index (χ1v) is 7.84. The molecule has 0 aliphatic carbocycles. The number of rotatable bonds is 3. The highest BCUT2D eigenvalue weighted by molar-refractivity contribution is 5.80. The maximum absolute atomic E-state index is 12.6. The van der Waals surface area contributed by atoms with Crippen LogP contribution in [0.3, 0.4) is 0 Å². The van der Waals surface area contributed by atoms with Crippen LogP contribution >= 0.6 is 0 Å². The van der Waals surface area contributed by atoms with Crippen LogP contribution in [0.1, 0.15) is 31.2 Å². The topological polar surface area (TPSA) is 41.6 Å². The normalized spacial score (nSPS) is 28.9. The van der Waals surface area contributed by atoms with Crippen LogP contribution in [0.4, 0.5) is 0 Å². The summed E-state index contributed by atoms with van der Waals surface area (Å²) in [6, 6.07) is 8.60. The summed E-state index contributed by atoms with van der Waals surface area (Å²) in [7, 11) is 1.68. The molecule has 2 aliphatic rings. The van der Waals surface area contributed by atoms with Crippen LogP contribution in [0, 0.1) is 5.92 Å². The summed E-state index contributed by atoms with van der Waals surface area (Å²) in [5.41, 5.74) is 1.31. The van der Waals surface area contributed by atoms with E-state index in [-0.39, 0.29) is 5.92 Å². The molecule has 4 nitrogen and oxygen atoms in total. The van der Waals surface area contributed by atoms with Crippen molar-refractivity contribution in [3.05, 3.63) is 29.8 Å². The fraction of sp³-hybridized carbons (Fsp3) is 0.588. The van der Waals surface area contributed by atoms with Gasteiger partial charge in [0.2, 0.25) is 5.91 Å². The van der Waals surface area contributed by atoms with Gasteiger partial charge in [-0.05, 0) is 44.0 Å². The van der Waals surface area contributed by atoms with Gasteiger partial charge in [-0.15, -0.1) is 0 Å². The standard InChI is InChI=1S/C17H24N2O2/c1-12-9-15(13-3-5-16(21-2)6-4-13)11-19(12)17(20)14-7-8-18-10-14/h3-6,12,14-15,18H,7-11H2,1-2H3/t12-,14+,15-/m1/s1. The largest absolute Gasteiger partial charge is 0.497 e. The van der Waals surface area contributed by atoms with E-state index in [0.29, 0.717) is 17.9 Å². The van der Waals surface area contributed by atoms with Gasteiger partial charge < -0.3 is 15.0 Å². The number of nitrogens with one attached hydrogen (secondary N) is 1. The molecular weight excluding hydrogens is 264 g/mol. The average Bonchev–Trinajstić information content (AvgIpc) is 3.16. The molecule has 2 aliphatic heterocycles. The van der Waals surface area contributed by atoms with Gasteiger partial charge in [-0.2, -0.15) is 0 Å². The quantitative estimate of drug-likeness (QED) is 0.925. The van der Waals surface area contributed by atoms with E-state index >= 15 is 0 Å². The van der Waals surface area contributed by atoms with Crippen molar-refractivity contribution in [1.29, 1.82) is 0 Å². The van der Waals surface area contributed by atoms with E-state index in [1.807, 2.05) is 12.1 Å². The maximum atomic E-state index is 12.6. The van der Waals surface area contributed by atoms with E-state index in [0.717, 1.165) is 38.2 Å². The first-order valence-electron chi connectivity index (χ1n) is 7.84. The van der Waals surface area contributed by atoms with Gasteiger partial charge in [0.15, 0.2) is 0 Å². The van der Waals surface area contributed by atoms with E-state index in [1.54, 1.807) is 7.11 Å². The van der Waals surface area contributed by atoms with E-state index in [9.17, 15) is 4.79 Å². The fourth-order valence-electron chi connectivity index (χ4n) is 3.56. The van der Waals surface area contributed by atoms with Gasteiger partial charge in [-0.1, -0.05) is 12.1 Å². The first kappa shape index (κ1) is 14.4. The lowest BCUT2D eigenvalue weighted by molar-refractivity contribution is -0.135. The van der Waals surface area contributed by atoms with Crippen molar-refractivity contribution in [2.45, 2.75) is 31.7 Å². The van der Waals surface area contributed by atoms with Crippen LogP contribution in [0.2, 0.25) is 0 Å². The Kier molecular flexibility index (Phi) is 4.15. The highest BCUT2D eigenvalue weighted by Crippen LogP contribution is 2.33. The Morgan fingerprint density at radius 2 is 2.10 bits per heavy atom. The van der Waals surface area contributed by atoms with Crippen molar-refractivity contribution in [2.75, 3.05) is 26.7 Å². The van der Waals surface area contributed by atoms with Crippen molar-refractivity contribution in [1.82, 2.24) is 10.2 Å². The molecule has 4 heteroatoms. The Hall–Kier alpha value is -1.55. The van der Waals surface area contributed by atoms with Crippen LogP contribution in [0.25, 0.3) is 0 Å². The lowest BCUT2D eigenvalue weighted by atomic mass is 9.97. The molecule has 2 fully saturated rings. The smallest absolute Gasteiger partial charge is 0.227 e. The van der Waals surface area contributed by atoms with Crippen LogP contribution in [0.15, 0.2) is 24.3 Å². The second kappa shape index (κ2) is 6.06. The number of benzene rings is 1. The number of carbonyl (C=O) groups is 1. The molecule has 0 spiro atoms. The van der Waals surface area contributed by atoms with Crippen molar-refractivity contribution in [2.24, 2.45) is 5.92 Å². The van der Waals surface area contributed by atoms with Gasteiger partial charge in [0.1, 0.15) is 5.75 Å². The minimum Gasteiger partial charge on any atom is -0.497 e. The molecule has 1 aromatic carbocycles.